The lowest BCUT2D eigenvalue weighted by Gasteiger charge is -2.13. The zero-order valence-corrected chi connectivity index (χ0v) is 9.50. The van der Waals surface area contributed by atoms with Gasteiger partial charge in [0.2, 0.25) is 5.91 Å². The van der Waals surface area contributed by atoms with Gasteiger partial charge in [-0.3, -0.25) is 9.00 Å². The number of hydrogen-bond acceptors (Lipinski definition) is 2. The minimum atomic E-state index is -1.21. The molecule has 0 unspecified atom stereocenters. The van der Waals surface area contributed by atoms with Gasteiger partial charge < -0.3 is 5.73 Å². The second kappa shape index (κ2) is 5.66. The van der Waals surface area contributed by atoms with E-state index in [9.17, 15) is 9.00 Å². The van der Waals surface area contributed by atoms with Crippen molar-refractivity contribution in [3.05, 3.63) is 35.9 Å². The van der Waals surface area contributed by atoms with Crippen molar-refractivity contribution >= 4 is 16.7 Å². The van der Waals surface area contributed by atoms with Gasteiger partial charge in [0.1, 0.15) is 5.75 Å². The lowest BCUT2D eigenvalue weighted by Crippen LogP contribution is -2.22. The van der Waals surface area contributed by atoms with Crippen LogP contribution in [0.1, 0.15) is 24.2 Å². The van der Waals surface area contributed by atoms with Crippen molar-refractivity contribution in [2.24, 2.45) is 5.73 Å². The maximum Gasteiger partial charge on any atom is 0.230 e. The van der Waals surface area contributed by atoms with E-state index in [-0.39, 0.29) is 11.0 Å². The fourth-order valence-corrected chi connectivity index (χ4v) is 2.80. The average molecular weight is 225 g/mol. The van der Waals surface area contributed by atoms with Gasteiger partial charge in [0, 0.05) is 10.8 Å². The molecule has 0 heterocycles. The highest BCUT2D eigenvalue weighted by Gasteiger charge is 2.18. The maximum atomic E-state index is 11.8. The first-order valence-corrected chi connectivity index (χ1v) is 6.23. The zero-order valence-electron chi connectivity index (χ0n) is 8.68. The Kier molecular flexibility index (Phi) is 4.49. The molecule has 1 rings (SSSR count). The predicted molar refractivity (Wildman–Crippen MR) is 61.7 cm³/mol. The molecule has 0 saturated heterocycles. The van der Waals surface area contributed by atoms with Gasteiger partial charge in [-0.15, -0.1) is 0 Å². The van der Waals surface area contributed by atoms with Crippen LogP contribution < -0.4 is 5.73 Å². The van der Waals surface area contributed by atoms with E-state index in [1.165, 1.54) is 0 Å². The summed E-state index contributed by atoms with van der Waals surface area (Å²) in [5.74, 6) is -0.573. The molecule has 2 atom stereocenters. The summed E-state index contributed by atoms with van der Waals surface area (Å²) in [5.41, 5.74) is 6.03. The Labute approximate surface area is 92.1 Å². The third-order valence-electron chi connectivity index (χ3n) is 2.14. The Morgan fingerprint density at radius 2 is 2.00 bits per heavy atom. The van der Waals surface area contributed by atoms with E-state index >= 15 is 0 Å². The predicted octanol–water partition coefficient (Wildman–Crippen LogP) is 1.37. The van der Waals surface area contributed by atoms with Crippen LogP contribution >= 0.6 is 0 Å². The van der Waals surface area contributed by atoms with Crippen LogP contribution in [0.2, 0.25) is 0 Å². The lowest BCUT2D eigenvalue weighted by molar-refractivity contribution is -0.115. The van der Waals surface area contributed by atoms with E-state index in [1.54, 1.807) is 0 Å². The third-order valence-corrected chi connectivity index (χ3v) is 3.95. The Morgan fingerprint density at radius 1 is 1.40 bits per heavy atom. The molecule has 0 fully saturated rings. The Hall–Kier alpha value is -1.16. The Morgan fingerprint density at radius 3 is 2.47 bits per heavy atom. The number of amides is 1. The van der Waals surface area contributed by atoms with Crippen LogP contribution in [-0.4, -0.2) is 15.9 Å². The quantitative estimate of drug-likeness (QED) is 0.822. The molecule has 4 heteroatoms. The largest absolute Gasteiger partial charge is 0.369 e. The van der Waals surface area contributed by atoms with Crippen LogP contribution in [0.25, 0.3) is 0 Å². The highest BCUT2D eigenvalue weighted by atomic mass is 32.2. The Balaban J connectivity index is 2.80. The average Bonchev–Trinajstić information content (AvgIpc) is 2.19. The van der Waals surface area contributed by atoms with Gasteiger partial charge in [0.15, 0.2) is 0 Å². The van der Waals surface area contributed by atoms with Crippen molar-refractivity contribution < 1.29 is 9.00 Å². The Bertz CT molecular complexity index is 351. The summed E-state index contributed by atoms with van der Waals surface area (Å²) < 4.78 is 11.8. The first-order valence-electron chi connectivity index (χ1n) is 4.85. The van der Waals surface area contributed by atoms with Gasteiger partial charge in [-0.25, -0.2) is 0 Å². The number of rotatable bonds is 5. The third kappa shape index (κ3) is 3.47. The number of carbonyl (C=O) groups is 1. The summed E-state index contributed by atoms with van der Waals surface area (Å²) in [6.45, 7) is 1.95. The fraction of sp³-hybridized carbons (Fsp3) is 0.364. The molecule has 3 nitrogen and oxygen atoms in total. The van der Waals surface area contributed by atoms with E-state index in [4.69, 9.17) is 5.73 Å². The van der Waals surface area contributed by atoms with Crippen LogP contribution in [0.5, 0.6) is 0 Å². The summed E-state index contributed by atoms with van der Waals surface area (Å²) in [5, 5.41) is -0.0984. The van der Waals surface area contributed by atoms with Gasteiger partial charge in [0.25, 0.3) is 0 Å². The molecule has 0 spiro atoms. The lowest BCUT2D eigenvalue weighted by atomic mass is 10.1. The second-order valence-corrected chi connectivity index (χ2v) is 4.92. The summed E-state index contributed by atoms with van der Waals surface area (Å²) >= 11 is 0. The van der Waals surface area contributed by atoms with E-state index in [2.05, 4.69) is 0 Å². The summed E-state index contributed by atoms with van der Waals surface area (Å²) in [6, 6.07) is 9.56. The molecule has 0 aromatic heterocycles. The smallest absolute Gasteiger partial charge is 0.230 e. The van der Waals surface area contributed by atoms with Crippen LogP contribution in [0.3, 0.4) is 0 Å². The van der Waals surface area contributed by atoms with E-state index in [0.717, 1.165) is 12.0 Å². The van der Waals surface area contributed by atoms with E-state index in [0.29, 0.717) is 0 Å². The van der Waals surface area contributed by atoms with Crippen molar-refractivity contribution in [2.75, 3.05) is 5.75 Å². The minimum Gasteiger partial charge on any atom is -0.369 e. The highest BCUT2D eigenvalue weighted by molar-refractivity contribution is 7.86. The first kappa shape index (κ1) is 11.9. The molecule has 0 radical (unpaired) electrons. The van der Waals surface area contributed by atoms with Crippen molar-refractivity contribution in [3.8, 4) is 0 Å². The van der Waals surface area contributed by atoms with Crippen LogP contribution in [0, 0.1) is 0 Å². The molecule has 1 amide bonds. The maximum absolute atomic E-state index is 11.8. The summed E-state index contributed by atoms with van der Waals surface area (Å²) in [6.07, 6.45) is 0.740. The van der Waals surface area contributed by atoms with Crippen molar-refractivity contribution in [1.82, 2.24) is 0 Å². The molecular formula is C11H15NO2S. The number of nitrogens with two attached hydrogens (primary N) is 1. The first-order chi connectivity index (χ1) is 7.15. The minimum absolute atomic E-state index is 0.0621. The van der Waals surface area contributed by atoms with E-state index in [1.807, 2.05) is 37.3 Å². The summed E-state index contributed by atoms with van der Waals surface area (Å²) in [7, 11) is -1.21. The van der Waals surface area contributed by atoms with Gasteiger partial charge >= 0.3 is 0 Å². The van der Waals surface area contributed by atoms with Gasteiger partial charge in [0.05, 0.1) is 5.25 Å². The van der Waals surface area contributed by atoms with Gasteiger partial charge in [-0.2, -0.15) is 0 Å². The molecule has 82 valence electrons. The molecule has 15 heavy (non-hydrogen) atoms. The molecule has 1 aromatic rings. The molecule has 0 bridgehead atoms. The highest BCUT2D eigenvalue weighted by Crippen LogP contribution is 2.22. The second-order valence-electron chi connectivity index (χ2n) is 3.30. The van der Waals surface area contributed by atoms with Crippen molar-refractivity contribution in [3.63, 3.8) is 0 Å². The van der Waals surface area contributed by atoms with Crippen molar-refractivity contribution in [1.29, 1.82) is 0 Å². The molecule has 1 aromatic carbocycles. The van der Waals surface area contributed by atoms with Crippen LogP contribution in [0.15, 0.2) is 30.3 Å². The topological polar surface area (TPSA) is 60.2 Å². The monoisotopic (exact) mass is 225 g/mol. The molecule has 0 aliphatic heterocycles. The number of benzene rings is 1. The number of carbonyl (C=O) groups excluding carboxylic acids is 1. The molecule has 0 saturated carbocycles. The van der Waals surface area contributed by atoms with Crippen molar-refractivity contribution in [2.45, 2.75) is 18.6 Å². The van der Waals surface area contributed by atoms with Crippen LogP contribution in [-0.2, 0) is 15.6 Å². The van der Waals surface area contributed by atoms with Crippen LogP contribution in [0.4, 0.5) is 0 Å². The summed E-state index contributed by atoms with van der Waals surface area (Å²) in [4.78, 5) is 10.7. The van der Waals surface area contributed by atoms with E-state index < -0.39 is 16.7 Å². The SMILES string of the molecule is CC[C@H](c1ccccc1)[S@@](=O)CC(N)=O. The fourth-order valence-electron chi connectivity index (χ4n) is 1.48. The van der Waals surface area contributed by atoms with Gasteiger partial charge in [-0.05, 0) is 12.0 Å². The normalized spacial score (nSPS) is 14.5. The standard InChI is InChI=1S/C11H15NO2S/c1-2-10(15(14)8-11(12)13)9-6-4-3-5-7-9/h3-7,10H,2,8H2,1H3,(H2,12,13)/t10-,15+/m1/s1. The molecular weight excluding hydrogens is 210 g/mol. The molecule has 0 aliphatic carbocycles. The number of hydrogen-bond donors (Lipinski definition) is 1. The van der Waals surface area contributed by atoms with Gasteiger partial charge in [-0.1, -0.05) is 37.3 Å². The molecule has 2 N–H and O–H groups in total. The zero-order chi connectivity index (χ0) is 11.3. The molecule has 0 aliphatic rings. The number of primary amides is 1.